The molecule has 17 heavy (non-hydrogen) atoms. The van der Waals surface area contributed by atoms with Gasteiger partial charge < -0.3 is 10.6 Å². The maximum atomic E-state index is 11.9. The Morgan fingerprint density at radius 3 is 3.24 bits per heavy atom. The average molecular weight is 254 g/mol. The quantitative estimate of drug-likeness (QED) is 0.858. The largest absolute Gasteiger partial charge is 0.352 e. The van der Waals surface area contributed by atoms with Crippen molar-refractivity contribution < 1.29 is 4.79 Å². The van der Waals surface area contributed by atoms with Crippen LogP contribution in [-0.2, 0) is 0 Å². The third-order valence-corrected chi connectivity index (χ3v) is 3.27. The van der Waals surface area contributed by atoms with Gasteiger partial charge in [-0.25, -0.2) is 0 Å². The van der Waals surface area contributed by atoms with E-state index < -0.39 is 0 Å². The highest BCUT2D eigenvalue weighted by molar-refractivity contribution is 6.33. The van der Waals surface area contributed by atoms with Crippen molar-refractivity contribution in [1.82, 2.24) is 15.6 Å². The lowest BCUT2D eigenvalue weighted by atomic mass is 10.00. The van der Waals surface area contributed by atoms with E-state index in [2.05, 4.69) is 15.6 Å². The van der Waals surface area contributed by atoms with E-state index >= 15 is 0 Å². The van der Waals surface area contributed by atoms with Crippen LogP contribution in [0.25, 0.3) is 0 Å². The molecule has 2 heterocycles. The summed E-state index contributed by atoms with van der Waals surface area (Å²) in [5, 5.41) is 6.64. The van der Waals surface area contributed by atoms with E-state index in [9.17, 15) is 4.79 Å². The molecule has 0 spiro atoms. The second kappa shape index (κ2) is 5.98. The number of aromatic nitrogens is 1. The van der Waals surface area contributed by atoms with Gasteiger partial charge in [-0.1, -0.05) is 11.6 Å². The molecule has 1 aromatic rings. The maximum absolute atomic E-state index is 11.9. The first-order valence-corrected chi connectivity index (χ1v) is 6.23. The summed E-state index contributed by atoms with van der Waals surface area (Å²) in [6.45, 7) is 2.76. The second-order valence-electron chi connectivity index (χ2n) is 4.28. The van der Waals surface area contributed by atoms with Crippen molar-refractivity contribution in [1.29, 1.82) is 0 Å². The van der Waals surface area contributed by atoms with Crippen molar-refractivity contribution in [2.45, 2.75) is 12.8 Å². The second-order valence-corrected chi connectivity index (χ2v) is 4.69. The highest BCUT2D eigenvalue weighted by Crippen LogP contribution is 2.13. The third-order valence-electron chi connectivity index (χ3n) is 2.97. The predicted octanol–water partition coefficient (Wildman–Crippen LogP) is 1.46. The summed E-state index contributed by atoms with van der Waals surface area (Å²) in [5.41, 5.74) is 0.491. The monoisotopic (exact) mass is 253 g/mol. The number of hydrogen-bond donors (Lipinski definition) is 2. The first-order valence-electron chi connectivity index (χ1n) is 5.86. The van der Waals surface area contributed by atoms with Crippen molar-refractivity contribution in [3.05, 3.63) is 29.0 Å². The number of carbonyl (C=O) groups is 1. The average Bonchev–Trinajstić information content (AvgIpc) is 2.38. The van der Waals surface area contributed by atoms with E-state index in [-0.39, 0.29) is 5.91 Å². The summed E-state index contributed by atoms with van der Waals surface area (Å²) in [7, 11) is 0. The van der Waals surface area contributed by atoms with E-state index in [0.717, 1.165) is 19.5 Å². The Kier molecular flexibility index (Phi) is 4.34. The lowest BCUT2D eigenvalue weighted by Gasteiger charge is -2.22. The Balaban J connectivity index is 1.87. The molecule has 0 bridgehead atoms. The van der Waals surface area contributed by atoms with Crippen LogP contribution in [-0.4, -0.2) is 30.5 Å². The van der Waals surface area contributed by atoms with Gasteiger partial charge in [0.1, 0.15) is 0 Å². The number of pyridine rings is 1. The molecular weight excluding hydrogens is 238 g/mol. The van der Waals surface area contributed by atoms with Crippen LogP contribution >= 0.6 is 11.6 Å². The van der Waals surface area contributed by atoms with Crippen LogP contribution in [0.5, 0.6) is 0 Å². The van der Waals surface area contributed by atoms with E-state index in [4.69, 9.17) is 11.6 Å². The van der Waals surface area contributed by atoms with Gasteiger partial charge in [0.25, 0.3) is 5.91 Å². The van der Waals surface area contributed by atoms with Crippen LogP contribution in [0.3, 0.4) is 0 Å². The zero-order chi connectivity index (χ0) is 12.1. The fraction of sp³-hybridized carbons (Fsp3) is 0.500. The first kappa shape index (κ1) is 12.3. The van der Waals surface area contributed by atoms with E-state index in [1.807, 2.05) is 0 Å². The molecule has 1 atom stereocenters. The Bertz CT molecular complexity index is 391. The Morgan fingerprint density at radius 1 is 1.65 bits per heavy atom. The molecule has 1 amide bonds. The molecule has 0 saturated carbocycles. The van der Waals surface area contributed by atoms with Crippen molar-refractivity contribution >= 4 is 17.5 Å². The molecule has 1 aliphatic heterocycles. The Hall–Kier alpha value is -1.13. The molecule has 2 rings (SSSR count). The highest BCUT2D eigenvalue weighted by Gasteiger charge is 2.15. The predicted molar refractivity (Wildman–Crippen MR) is 67.2 cm³/mol. The smallest absolute Gasteiger partial charge is 0.252 e. The molecule has 1 aromatic heterocycles. The van der Waals surface area contributed by atoms with Gasteiger partial charge in [0.05, 0.1) is 10.6 Å². The Morgan fingerprint density at radius 2 is 2.53 bits per heavy atom. The zero-order valence-corrected chi connectivity index (χ0v) is 10.3. The van der Waals surface area contributed by atoms with Gasteiger partial charge in [0.2, 0.25) is 0 Å². The number of carbonyl (C=O) groups excluding carboxylic acids is 1. The molecule has 2 N–H and O–H groups in total. The minimum Gasteiger partial charge on any atom is -0.352 e. The number of piperidine rings is 1. The fourth-order valence-corrected chi connectivity index (χ4v) is 2.19. The number of amides is 1. The maximum Gasteiger partial charge on any atom is 0.252 e. The SMILES string of the molecule is O=C(NCC1CCCNC1)c1ccncc1Cl. The summed E-state index contributed by atoms with van der Waals surface area (Å²) >= 11 is 5.90. The highest BCUT2D eigenvalue weighted by atomic mass is 35.5. The number of nitrogens with one attached hydrogen (secondary N) is 2. The number of nitrogens with zero attached hydrogens (tertiary/aromatic N) is 1. The van der Waals surface area contributed by atoms with Crippen molar-refractivity contribution in [3.63, 3.8) is 0 Å². The van der Waals surface area contributed by atoms with Gasteiger partial charge in [0.15, 0.2) is 0 Å². The zero-order valence-electron chi connectivity index (χ0n) is 9.58. The summed E-state index contributed by atoms with van der Waals surface area (Å²) in [6.07, 6.45) is 5.40. The van der Waals surface area contributed by atoms with Crippen molar-refractivity contribution in [2.24, 2.45) is 5.92 Å². The minimum absolute atomic E-state index is 0.122. The molecule has 1 aliphatic rings. The lowest BCUT2D eigenvalue weighted by Crippen LogP contribution is -2.38. The van der Waals surface area contributed by atoms with Crippen LogP contribution in [0.1, 0.15) is 23.2 Å². The van der Waals surface area contributed by atoms with Crippen LogP contribution in [0.15, 0.2) is 18.5 Å². The molecule has 1 fully saturated rings. The summed E-state index contributed by atoms with van der Waals surface area (Å²) in [5.74, 6) is 0.399. The van der Waals surface area contributed by atoms with Gasteiger partial charge in [-0.2, -0.15) is 0 Å². The molecule has 1 unspecified atom stereocenters. The molecule has 92 valence electrons. The van der Waals surface area contributed by atoms with Gasteiger partial charge in [-0.3, -0.25) is 9.78 Å². The van der Waals surface area contributed by atoms with Crippen LogP contribution < -0.4 is 10.6 Å². The van der Waals surface area contributed by atoms with Crippen LogP contribution in [0.4, 0.5) is 0 Å². The van der Waals surface area contributed by atoms with Gasteiger partial charge in [0, 0.05) is 18.9 Å². The third kappa shape index (κ3) is 3.41. The standard InChI is InChI=1S/C12H16ClN3O/c13-11-8-15-5-3-10(11)12(17)16-7-9-2-1-4-14-6-9/h3,5,8-9,14H,1-2,4,6-7H2,(H,16,17). The first-order chi connectivity index (χ1) is 8.27. The summed E-state index contributed by atoms with van der Waals surface area (Å²) in [4.78, 5) is 15.7. The molecule has 5 heteroatoms. The fourth-order valence-electron chi connectivity index (χ4n) is 1.99. The van der Waals surface area contributed by atoms with Crippen LogP contribution in [0.2, 0.25) is 5.02 Å². The number of rotatable bonds is 3. The molecule has 0 aromatic carbocycles. The van der Waals surface area contributed by atoms with Crippen molar-refractivity contribution in [3.8, 4) is 0 Å². The van der Waals surface area contributed by atoms with E-state index in [1.165, 1.54) is 12.6 Å². The normalized spacial score (nSPS) is 19.9. The molecular formula is C12H16ClN3O. The Labute approximate surface area is 106 Å². The van der Waals surface area contributed by atoms with Crippen LogP contribution in [0, 0.1) is 5.92 Å². The molecule has 0 radical (unpaired) electrons. The summed E-state index contributed by atoms with van der Waals surface area (Å²) in [6, 6.07) is 1.64. The molecule has 1 saturated heterocycles. The number of halogens is 1. The van der Waals surface area contributed by atoms with Crippen molar-refractivity contribution in [2.75, 3.05) is 19.6 Å². The topological polar surface area (TPSA) is 54.0 Å². The molecule has 4 nitrogen and oxygen atoms in total. The molecule has 0 aliphatic carbocycles. The minimum atomic E-state index is -0.122. The summed E-state index contributed by atoms with van der Waals surface area (Å²) < 4.78 is 0. The van der Waals surface area contributed by atoms with Gasteiger partial charge in [-0.05, 0) is 37.9 Å². The van der Waals surface area contributed by atoms with Gasteiger partial charge in [-0.15, -0.1) is 0 Å². The van der Waals surface area contributed by atoms with Gasteiger partial charge >= 0.3 is 0 Å². The van der Waals surface area contributed by atoms with E-state index in [0.29, 0.717) is 23.0 Å². The van der Waals surface area contributed by atoms with E-state index in [1.54, 1.807) is 12.3 Å². The lowest BCUT2D eigenvalue weighted by molar-refractivity contribution is 0.0945. The number of hydrogen-bond acceptors (Lipinski definition) is 3.